The zero-order chi connectivity index (χ0) is 17.2. The summed E-state index contributed by atoms with van der Waals surface area (Å²) in [4.78, 5) is 0. The van der Waals surface area contributed by atoms with Crippen molar-refractivity contribution in [3.63, 3.8) is 0 Å². The SMILES string of the molecule is COP(C)(=O)OCC1C(C=C(C)C)C1(C)COP(C)(=O)OC. The molecule has 5 unspecified atom stereocenters. The highest BCUT2D eigenvalue weighted by Crippen LogP contribution is 2.63. The average molecular weight is 354 g/mol. The molecule has 1 aliphatic carbocycles. The monoisotopic (exact) mass is 354 g/mol. The first-order valence-electron chi connectivity index (χ1n) is 7.18. The molecule has 0 spiro atoms. The van der Waals surface area contributed by atoms with Gasteiger partial charge >= 0.3 is 15.2 Å². The molecule has 0 radical (unpaired) electrons. The molecule has 5 atom stereocenters. The molecule has 1 aliphatic rings. The van der Waals surface area contributed by atoms with Crippen molar-refractivity contribution >= 4 is 15.2 Å². The molecule has 0 aromatic carbocycles. The van der Waals surface area contributed by atoms with Crippen LogP contribution in [-0.2, 0) is 27.2 Å². The molecule has 0 N–H and O–H groups in total. The first-order valence-corrected chi connectivity index (χ1v) is 11.2. The van der Waals surface area contributed by atoms with Crippen LogP contribution >= 0.6 is 15.2 Å². The highest BCUT2D eigenvalue weighted by molar-refractivity contribution is 7.53. The molecule has 0 aliphatic heterocycles. The maximum Gasteiger partial charge on any atom is 0.327 e. The summed E-state index contributed by atoms with van der Waals surface area (Å²) in [6.07, 6.45) is 2.15. The first-order chi connectivity index (χ1) is 9.97. The van der Waals surface area contributed by atoms with Gasteiger partial charge in [-0.05, 0) is 25.7 Å². The molecule has 0 heterocycles. The second kappa shape index (κ2) is 7.29. The third-order valence-corrected chi connectivity index (χ3v) is 6.75. The topological polar surface area (TPSA) is 71.1 Å². The summed E-state index contributed by atoms with van der Waals surface area (Å²) < 4.78 is 44.4. The van der Waals surface area contributed by atoms with Crippen molar-refractivity contribution < 1.29 is 27.2 Å². The van der Waals surface area contributed by atoms with Gasteiger partial charge in [0.05, 0.1) is 13.2 Å². The van der Waals surface area contributed by atoms with Crippen LogP contribution in [0.2, 0.25) is 0 Å². The summed E-state index contributed by atoms with van der Waals surface area (Å²) in [7, 11) is -3.28. The third kappa shape index (κ3) is 5.30. The molecule has 0 amide bonds. The smallest absolute Gasteiger partial charge is 0.312 e. The lowest BCUT2D eigenvalue weighted by atomic mass is 10.1. The van der Waals surface area contributed by atoms with Crippen LogP contribution in [0.25, 0.3) is 0 Å². The van der Waals surface area contributed by atoms with Crippen molar-refractivity contribution in [1.29, 1.82) is 0 Å². The summed E-state index contributed by atoms with van der Waals surface area (Å²) >= 11 is 0. The summed E-state index contributed by atoms with van der Waals surface area (Å²) in [5.74, 6) is 0.369. The van der Waals surface area contributed by atoms with Crippen molar-refractivity contribution in [2.45, 2.75) is 20.8 Å². The molecule has 1 rings (SSSR count). The Kier molecular flexibility index (Phi) is 6.66. The van der Waals surface area contributed by atoms with Crippen LogP contribution in [0.1, 0.15) is 20.8 Å². The van der Waals surface area contributed by atoms with Gasteiger partial charge in [0, 0.05) is 33.0 Å². The average Bonchev–Trinajstić information content (AvgIpc) is 2.98. The van der Waals surface area contributed by atoms with E-state index in [4.69, 9.17) is 18.1 Å². The largest absolute Gasteiger partial charge is 0.327 e. The van der Waals surface area contributed by atoms with E-state index in [9.17, 15) is 9.13 Å². The van der Waals surface area contributed by atoms with E-state index in [1.54, 1.807) is 0 Å². The van der Waals surface area contributed by atoms with E-state index in [-0.39, 0.29) is 17.3 Å². The Balaban J connectivity index is 2.75. The van der Waals surface area contributed by atoms with Gasteiger partial charge in [0.15, 0.2) is 0 Å². The Hall–Kier alpha value is 0.0400. The molecule has 0 aromatic heterocycles. The molecule has 22 heavy (non-hydrogen) atoms. The predicted molar refractivity (Wildman–Crippen MR) is 87.5 cm³/mol. The predicted octanol–water partition coefficient (Wildman–Crippen LogP) is 4.18. The van der Waals surface area contributed by atoms with Crippen LogP contribution in [0.4, 0.5) is 0 Å². The minimum absolute atomic E-state index is 0.141. The lowest BCUT2D eigenvalue weighted by molar-refractivity contribution is 0.170. The van der Waals surface area contributed by atoms with E-state index in [0.29, 0.717) is 13.2 Å². The minimum atomic E-state index is -3.02. The van der Waals surface area contributed by atoms with Gasteiger partial charge in [0.1, 0.15) is 0 Å². The molecular weight excluding hydrogens is 326 g/mol. The van der Waals surface area contributed by atoms with E-state index in [1.165, 1.54) is 33.1 Å². The number of hydrogen-bond acceptors (Lipinski definition) is 6. The third-order valence-electron chi connectivity index (χ3n) is 4.21. The van der Waals surface area contributed by atoms with E-state index < -0.39 is 15.2 Å². The quantitative estimate of drug-likeness (QED) is 0.457. The standard InChI is InChI=1S/C14H28O6P2/c1-11(2)8-12-13(9-19-21(6,15)17-4)14(12,3)10-20-22(7,16)18-5/h8,12-13H,9-10H2,1-7H3. The maximum absolute atomic E-state index is 11.9. The molecule has 1 fully saturated rings. The minimum Gasteiger partial charge on any atom is -0.312 e. The van der Waals surface area contributed by atoms with Gasteiger partial charge in [-0.25, -0.2) is 0 Å². The second-order valence-electron chi connectivity index (χ2n) is 6.36. The lowest BCUT2D eigenvalue weighted by Gasteiger charge is -2.17. The normalized spacial score (nSPS) is 32.9. The van der Waals surface area contributed by atoms with Crippen LogP contribution in [0.15, 0.2) is 11.6 Å². The zero-order valence-electron chi connectivity index (χ0n) is 14.5. The maximum atomic E-state index is 11.9. The molecular formula is C14H28O6P2. The highest BCUT2D eigenvalue weighted by atomic mass is 31.2. The van der Waals surface area contributed by atoms with Crippen LogP contribution in [0.3, 0.4) is 0 Å². The highest BCUT2D eigenvalue weighted by Gasteiger charge is 2.60. The summed E-state index contributed by atoms with van der Waals surface area (Å²) in [6, 6.07) is 0. The van der Waals surface area contributed by atoms with Crippen molar-refractivity contribution in [3.05, 3.63) is 11.6 Å². The fourth-order valence-electron chi connectivity index (χ4n) is 2.44. The summed E-state index contributed by atoms with van der Waals surface area (Å²) in [5.41, 5.74) is 0.978. The fourth-order valence-corrected chi connectivity index (χ4v) is 3.59. The van der Waals surface area contributed by atoms with Gasteiger partial charge in [-0.3, -0.25) is 9.13 Å². The number of hydrogen-bond donors (Lipinski definition) is 0. The van der Waals surface area contributed by atoms with Crippen LogP contribution < -0.4 is 0 Å². The van der Waals surface area contributed by atoms with Gasteiger partial charge in [-0.1, -0.05) is 18.6 Å². The van der Waals surface area contributed by atoms with Crippen molar-refractivity contribution in [1.82, 2.24) is 0 Å². The Bertz CT molecular complexity index is 513. The van der Waals surface area contributed by atoms with E-state index in [0.717, 1.165) is 0 Å². The van der Waals surface area contributed by atoms with Gasteiger partial charge < -0.3 is 18.1 Å². The summed E-state index contributed by atoms with van der Waals surface area (Å²) in [6.45, 7) is 9.62. The zero-order valence-corrected chi connectivity index (χ0v) is 16.3. The lowest BCUT2D eigenvalue weighted by Crippen LogP contribution is -2.11. The van der Waals surface area contributed by atoms with Crippen LogP contribution in [0.5, 0.6) is 0 Å². The van der Waals surface area contributed by atoms with Crippen molar-refractivity contribution in [3.8, 4) is 0 Å². The summed E-state index contributed by atoms with van der Waals surface area (Å²) in [5, 5.41) is 0. The van der Waals surface area contributed by atoms with Gasteiger partial charge in [0.2, 0.25) is 0 Å². The molecule has 1 saturated carbocycles. The van der Waals surface area contributed by atoms with Crippen LogP contribution in [-0.4, -0.2) is 40.8 Å². The molecule has 8 heteroatoms. The molecule has 6 nitrogen and oxygen atoms in total. The number of rotatable bonds is 9. The molecule has 0 aromatic rings. The van der Waals surface area contributed by atoms with E-state index >= 15 is 0 Å². The van der Waals surface area contributed by atoms with Crippen molar-refractivity contribution in [2.75, 3.05) is 40.8 Å². The Morgan fingerprint density at radius 3 is 2.05 bits per heavy atom. The van der Waals surface area contributed by atoms with E-state index in [1.807, 2.05) is 20.8 Å². The van der Waals surface area contributed by atoms with Crippen LogP contribution in [0, 0.1) is 17.3 Å². The van der Waals surface area contributed by atoms with Crippen molar-refractivity contribution in [2.24, 2.45) is 17.3 Å². The molecule has 130 valence electrons. The Labute approximate surface area is 133 Å². The molecule has 0 bridgehead atoms. The van der Waals surface area contributed by atoms with Gasteiger partial charge in [-0.2, -0.15) is 0 Å². The van der Waals surface area contributed by atoms with Gasteiger partial charge in [-0.15, -0.1) is 0 Å². The number of allylic oxidation sites excluding steroid dienone is 2. The van der Waals surface area contributed by atoms with Gasteiger partial charge in [0.25, 0.3) is 0 Å². The second-order valence-corrected chi connectivity index (χ2v) is 10.7. The Morgan fingerprint density at radius 2 is 1.59 bits per heavy atom. The first kappa shape index (κ1) is 20.1. The van der Waals surface area contributed by atoms with E-state index in [2.05, 4.69) is 6.08 Å². The molecule has 0 saturated heterocycles. The fraction of sp³-hybridized carbons (Fsp3) is 0.857. The Morgan fingerprint density at radius 1 is 1.09 bits per heavy atom.